The molecule has 2 unspecified atom stereocenters. The minimum atomic E-state index is -1.14. The van der Waals surface area contributed by atoms with E-state index in [0.29, 0.717) is 11.8 Å². The predicted molar refractivity (Wildman–Crippen MR) is 81.6 cm³/mol. The first-order chi connectivity index (χ1) is 10.2. The van der Waals surface area contributed by atoms with E-state index in [4.69, 9.17) is 10.8 Å². The Kier molecular flexibility index (Phi) is 6.80. The number of carbonyl (C=O) groups excluding carboxylic acids is 2. The number of carboxylic acid groups (broad SMARTS) is 1. The number of hydrogen-bond donors (Lipinski definition) is 4. The second kappa shape index (κ2) is 8.12. The molecule has 0 heterocycles. The first kappa shape index (κ1) is 18.4. The van der Waals surface area contributed by atoms with Crippen LogP contribution in [0.25, 0.3) is 0 Å². The van der Waals surface area contributed by atoms with Gasteiger partial charge in [0.2, 0.25) is 11.8 Å². The Labute approximate surface area is 131 Å². The Morgan fingerprint density at radius 3 is 2.23 bits per heavy atom. The lowest BCUT2D eigenvalue weighted by Gasteiger charge is -2.34. The third-order valence-corrected chi connectivity index (χ3v) is 4.30. The molecule has 1 saturated carbocycles. The first-order valence-electron chi connectivity index (χ1n) is 7.80. The van der Waals surface area contributed by atoms with Gasteiger partial charge in [-0.3, -0.25) is 14.4 Å². The molecule has 4 atom stereocenters. The highest BCUT2D eigenvalue weighted by Crippen LogP contribution is 2.34. The highest BCUT2D eigenvalue weighted by molar-refractivity contribution is 5.86. The van der Waals surface area contributed by atoms with E-state index in [2.05, 4.69) is 24.5 Å². The maximum Gasteiger partial charge on any atom is 0.305 e. The molecule has 1 aliphatic rings. The lowest BCUT2D eigenvalue weighted by atomic mass is 9.73. The molecule has 2 amide bonds. The van der Waals surface area contributed by atoms with E-state index in [-0.39, 0.29) is 11.8 Å². The third kappa shape index (κ3) is 5.29. The number of carbonyl (C=O) groups is 3. The van der Waals surface area contributed by atoms with Crippen molar-refractivity contribution in [2.45, 2.75) is 58.7 Å². The second-order valence-electron chi connectivity index (χ2n) is 6.35. The fourth-order valence-electron chi connectivity index (χ4n) is 3.15. The van der Waals surface area contributed by atoms with Gasteiger partial charge >= 0.3 is 5.97 Å². The van der Waals surface area contributed by atoms with Crippen molar-refractivity contribution in [3.8, 4) is 0 Å². The number of nitrogens with two attached hydrogens (primary N) is 1. The number of hydrogen-bond acceptors (Lipinski definition) is 4. The standard InChI is InChI=1S/C15H27N3O4/c1-8-5-4-6-9(2)13(8)15(22)18-10(3)17-14(21)11(16)7-12(19)20/h8-11,13H,4-7,16H2,1-3H3,(H,17,21)(H,18,22)(H,19,20)/t8?,9?,10-,11-,13?/m0/s1. The molecule has 7 heteroatoms. The lowest BCUT2D eigenvalue weighted by molar-refractivity contribution is -0.140. The minimum Gasteiger partial charge on any atom is -0.481 e. The van der Waals surface area contributed by atoms with E-state index in [9.17, 15) is 14.4 Å². The summed E-state index contributed by atoms with van der Waals surface area (Å²) in [6, 6.07) is -1.12. The maximum absolute atomic E-state index is 12.4. The van der Waals surface area contributed by atoms with Gasteiger partial charge in [-0.25, -0.2) is 0 Å². The van der Waals surface area contributed by atoms with Crippen LogP contribution in [0.15, 0.2) is 0 Å². The average Bonchev–Trinajstić information content (AvgIpc) is 2.37. The third-order valence-electron chi connectivity index (χ3n) is 4.30. The number of nitrogens with one attached hydrogen (secondary N) is 2. The molecule has 1 aliphatic carbocycles. The van der Waals surface area contributed by atoms with Crippen LogP contribution in [-0.4, -0.2) is 35.1 Å². The Hall–Kier alpha value is -1.63. The summed E-state index contributed by atoms with van der Waals surface area (Å²) in [6.07, 6.45) is 2.19. The number of aliphatic carboxylic acids is 1. The molecule has 0 saturated heterocycles. The smallest absolute Gasteiger partial charge is 0.305 e. The maximum atomic E-state index is 12.4. The van der Waals surface area contributed by atoms with Crippen molar-refractivity contribution < 1.29 is 19.5 Å². The zero-order chi connectivity index (χ0) is 16.9. The summed E-state index contributed by atoms with van der Waals surface area (Å²) >= 11 is 0. The van der Waals surface area contributed by atoms with Crippen LogP contribution in [0.2, 0.25) is 0 Å². The SMILES string of the molecule is CC1CCCC(C)C1C(=O)N[C@@H](C)NC(=O)[C@@H](N)CC(=O)O. The van der Waals surface area contributed by atoms with Gasteiger partial charge in [-0.15, -0.1) is 0 Å². The van der Waals surface area contributed by atoms with Gasteiger partial charge in [-0.2, -0.15) is 0 Å². The fourth-order valence-corrected chi connectivity index (χ4v) is 3.15. The summed E-state index contributed by atoms with van der Waals surface area (Å²) in [4.78, 5) is 34.6. The largest absolute Gasteiger partial charge is 0.481 e. The molecule has 5 N–H and O–H groups in total. The Morgan fingerprint density at radius 2 is 1.73 bits per heavy atom. The van der Waals surface area contributed by atoms with Crippen molar-refractivity contribution in [2.24, 2.45) is 23.5 Å². The molecule has 0 aromatic heterocycles. The molecular formula is C15H27N3O4. The molecule has 126 valence electrons. The summed E-state index contributed by atoms with van der Waals surface area (Å²) in [6.45, 7) is 5.79. The first-order valence-corrected chi connectivity index (χ1v) is 7.80. The van der Waals surface area contributed by atoms with Gasteiger partial charge in [-0.05, 0) is 31.6 Å². The van der Waals surface area contributed by atoms with E-state index in [1.54, 1.807) is 6.92 Å². The molecular weight excluding hydrogens is 286 g/mol. The van der Waals surface area contributed by atoms with Gasteiger partial charge in [0.1, 0.15) is 0 Å². The molecule has 7 nitrogen and oxygen atoms in total. The van der Waals surface area contributed by atoms with Gasteiger partial charge in [0.05, 0.1) is 18.6 Å². The average molecular weight is 313 g/mol. The van der Waals surface area contributed by atoms with Crippen LogP contribution in [0.4, 0.5) is 0 Å². The molecule has 0 aromatic rings. The van der Waals surface area contributed by atoms with Gasteiger partial charge in [-0.1, -0.05) is 20.3 Å². The van der Waals surface area contributed by atoms with E-state index in [1.165, 1.54) is 0 Å². The summed E-state index contributed by atoms with van der Waals surface area (Å²) in [5.74, 6) is -1.20. The topological polar surface area (TPSA) is 122 Å². The highest BCUT2D eigenvalue weighted by atomic mass is 16.4. The predicted octanol–water partition coefficient (Wildman–Crippen LogP) is 0.439. The Morgan fingerprint density at radius 1 is 1.18 bits per heavy atom. The number of amides is 2. The summed E-state index contributed by atoms with van der Waals surface area (Å²) < 4.78 is 0. The van der Waals surface area contributed by atoms with Gasteiger partial charge in [0.15, 0.2) is 0 Å². The minimum absolute atomic E-state index is 0.0548. The van der Waals surface area contributed by atoms with E-state index < -0.39 is 30.5 Å². The summed E-state index contributed by atoms with van der Waals surface area (Å²) in [5.41, 5.74) is 5.48. The molecule has 1 rings (SSSR count). The normalized spacial score (nSPS) is 27.5. The zero-order valence-corrected chi connectivity index (χ0v) is 13.5. The van der Waals surface area contributed by atoms with Crippen molar-refractivity contribution >= 4 is 17.8 Å². The van der Waals surface area contributed by atoms with Crippen molar-refractivity contribution in [3.63, 3.8) is 0 Å². The van der Waals surface area contributed by atoms with Gasteiger partial charge < -0.3 is 21.5 Å². The van der Waals surface area contributed by atoms with Gasteiger partial charge in [0.25, 0.3) is 0 Å². The Bertz CT molecular complexity index is 417. The molecule has 1 fully saturated rings. The molecule has 22 heavy (non-hydrogen) atoms. The fraction of sp³-hybridized carbons (Fsp3) is 0.800. The van der Waals surface area contributed by atoms with Crippen LogP contribution in [-0.2, 0) is 14.4 Å². The van der Waals surface area contributed by atoms with Crippen LogP contribution >= 0.6 is 0 Å². The number of rotatable bonds is 6. The van der Waals surface area contributed by atoms with Crippen molar-refractivity contribution in [1.29, 1.82) is 0 Å². The second-order valence-corrected chi connectivity index (χ2v) is 6.35. The molecule has 0 aliphatic heterocycles. The zero-order valence-electron chi connectivity index (χ0n) is 13.5. The van der Waals surface area contributed by atoms with Crippen molar-refractivity contribution in [1.82, 2.24) is 10.6 Å². The number of carboxylic acids is 1. The van der Waals surface area contributed by atoms with Crippen LogP contribution in [0.5, 0.6) is 0 Å². The molecule has 0 aromatic carbocycles. The summed E-state index contributed by atoms with van der Waals surface area (Å²) in [5, 5.41) is 13.9. The Balaban J connectivity index is 2.49. The highest BCUT2D eigenvalue weighted by Gasteiger charge is 2.34. The van der Waals surface area contributed by atoms with Crippen LogP contribution in [0, 0.1) is 17.8 Å². The van der Waals surface area contributed by atoms with Crippen LogP contribution in [0.3, 0.4) is 0 Å². The van der Waals surface area contributed by atoms with E-state index in [1.807, 2.05) is 0 Å². The lowest BCUT2D eigenvalue weighted by Crippen LogP contribution is -2.53. The quantitative estimate of drug-likeness (QED) is 0.530. The van der Waals surface area contributed by atoms with Crippen LogP contribution < -0.4 is 16.4 Å². The monoisotopic (exact) mass is 313 g/mol. The summed E-state index contributed by atoms with van der Waals surface area (Å²) in [7, 11) is 0. The van der Waals surface area contributed by atoms with Gasteiger partial charge in [0, 0.05) is 5.92 Å². The van der Waals surface area contributed by atoms with Crippen LogP contribution in [0.1, 0.15) is 46.5 Å². The van der Waals surface area contributed by atoms with E-state index in [0.717, 1.165) is 19.3 Å². The molecule has 0 spiro atoms. The van der Waals surface area contributed by atoms with E-state index >= 15 is 0 Å². The van der Waals surface area contributed by atoms with Crippen molar-refractivity contribution in [3.05, 3.63) is 0 Å². The molecule has 0 bridgehead atoms. The van der Waals surface area contributed by atoms with Crippen molar-refractivity contribution in [2.75, 3.05) is 0 Å². The molecule has 0 radical (unpaired) electrons.